The van der Waals surface area contributed by atoms with Gasteiger partial charge < -0.3 is 5.32 Å². The van der Waals surface area contributed by atoms with Gasteiger partial charge in [-0.1, -0.05) is 37.3 Å². The smallest absolute Gasteiger partial charge is 0.263 e. The molecule has 0 fully saturated rings. The van der Waals surface area contributed by atoms with Crippen molar-refractivity contribution in [3.8, 4) is 11.3 Å². The zero-order chi connectivity index (χ0) is 13.8. The number of hydrogen-bond donors (Lipinski definition) is 1. The predicted octanol–water partition coefficient (Wildman–Crippen LogP) is 3.65. The molecule has 1 heterocycles. The first-order chi connectivity index (χ1) is 9.11. The Hall–Kier alpha value is -1.68. The second-order valence-corrected chi connectivity index (χ2v) is 5.76. The molecule has 0 bridgehead atoms. The van der Waals surface area contributed by atoms with Crippen LogP contribution in [-0.2, 0) is 0 Å². The van der Waals surface area contributed by atoms with Gasteiger partial charge in [0.2, 0.25) is 0 Å². The standard InChI is InChI=1S/C15H18N2OS/c1-4-10(2)16-15(18)14-13(17-11(3)19-14)12-8-6-5-7-9-12/h5-10H,4H2,1-3H3,(H,16,18). The summed E-state index contributed by atoms with van der Waals surface area (Å²) < 4.78 is 0. The Kier molecular flexibility index (Phi) is 4.32. The van der Waals surface area contributed by atoms with Gasteiger partial charge in [-0.3, -0.25) is 4.79 Å². The number of nitrogens with one attached hydrogen (secondary N) is 1. The first-order valence-corrected chi connectivity index (χ1v) is 7.27. The SMILES string of the molecule is CCC(C)NC(=O)c1sc(C)nc1-c1ccccc1. The number of hydrogen-bond acceptors (Lipinski definition) is 3. The molecule has 0 spiro atoms. The normalized spacial score (nSPS) is 12.2. The van der Waals surface area contributed by atoms with E-state index in [-0.39, 0.29) is 11.9 Å². The van der Waals surface area contributed by atoms with Crippen molar-refractivity contribution >= 4 is 17.2 Å². The van der Waals surface area contributed by atoms with Crippen LogP contribution in [0.2, 0.25) is 0 Å². The van der Waals surface area contributed by atoms with E-state index < -0.39 is 0 Å². The van der Waals surface area contributed by atoms with Gasteiger partial charge in [-0.25, -0.2) is 4.98 Å². The average molecular weight is 274 g/mol. The highest BCUT2D eigenvalue weighted by molar-refractivity contribution is 7.14. The van der Waals surface area contributed by atoms with Crippen molar-refractivity contribution in [1.29, 1.82) is 0 Å². The van der Waals surface area contributed by atoms with Crippen molar-refractivity contribution in [2.45, 2.75) is 33.2 Å². The summed E-state index contributed by atoms with van der Waals surface area (Å²) >= 11 is 1.45. The number of carbonyl (C=O) groups is 1. The van der Waals surface area contributed by atoms with Crippen molar-refractivity contribution in [2.75, 3.05) is 0 Å². The zero-order valence-corrected chi connectivity index (χ0v) is 12.3. The third-order valence-electron chi connectivity index (χ3n) is 2.98. The molecule has 0 aliphatic heterocycles. The van der Waals surface area contributed by atoms with Gasteiger partial charge in [-0.05, 0) is 20.3 Å². The third kappa shape index (κ3) is 3.20. The van der Waals surface area contributed by atoms with E-state index >= 15 is 0 Å². The second-order valence-electron chi connectivity index (χ2n) is 4.56. The molecular weight excluding hydrogens is 256 g/mol. The molecule has 1 amide bonds. The number of amides is 1. The number of thiazole rings is 1. The van der Waals surface area contributed by atoms with E-state index in [4.69, 9.17) is 0 Å². The number of aromatic nitrogens is 1. The minimum absolute atomic E-state index is 0.0289. The van der Waals surface area contributed by atoms with Crippen molar-refractivity contribution in [3.63, 3.8) is 0 Å². The van der Waals surface area contributed by atoms with E-state index in [0.29, 0.717) is 4.88 Å². The molecule has 1 aromatic heterocycles. The van der Waals surface area contributed by atoms with Gasteiger partial charge in [0.05, 0.1) is 10.7 Å². The molecule has 0 aliphatic rings. The molecule has 0 radical (unpaired) electrons. The topological polar surface area (TPSA) is 42.0 Å². The molecule has 19 heavy (non-hydrogen) atoms. The van der Waals surface area contributed by atoms with E-state index in [1.807, 2.05) is 44.2 Å². The number of nitrogens with zero attached hydrogens (tertiary/aromatic N) is 1. The predicted molar refractivity (Wildman–Crippen MR) is 79.5 cm³/mol. The summed E-state index contributed by atoms with van der Waals surface area (Å²) in [4.78, 5) is 17.5. The first-order valence-electron chi connectivity index (χ1n) is 6.45. The number of benzene rings is 1. The van der Waals surface area contributed by atoms with Crippen LogP contribution in [0.1, 0.15) is 34.9 Å². The Bertz CT molecular complexity index is 563. The Balaban J connectivity index is 2.34. The monoisotopic (exact) mass is 274 g/mol. The molecule has 1 aromatic carbocycles. The largest absolute Gasteiger partial charge is 0.349 e. The second kappa shape index (κ2) is 5.97. The zero-order valence-electron chi connectivity index (χ0n) is 11.4. The summed E-state index contributed by atoms with van der Waals surface area (Å²) in [5, 5.41) is 3.91. The molecule has 2 rings (SSSR count). The Morgan fingerprint density at radius 3 is 2.68 bits per heavy atom. The minimum Gasteiger partial charge on any atom is -0.349 e. The maximum absolute atomic E-state index is 12.3. The lowest BCUT2D eigenvalue weighted by Gasteiger charge is -2.10. The lowest BCUT2D eigenvalue weighted by Crippen LogP contribution is -2.31. The molecule has 2 aromatic rings. The van der Waals surface area contributed by atoms with Gasteiger partial charge in [0, 0.05) is 11.6 Å². The summed E-state index contributed by atoms with van der Waals surface area (Å²) in [6.07, 6.45) is 0.921. The van der Waals surface area contributed by atoms with E-state index in [2.05, 4.69) is 17.2 Å². The highest BCUT2D eigenvalue weighted by atomic mass is 32.1. The summed E-state index contributed by atoms with van der Waals surface area (Å²) in [5.41, 5.74) is 1.77. The van der Waals surface area contributed by atoms with Crippen molar-refractivity contribution < 1.29 is 4.79 Å². The van der Waals surface area contributed by atoms with Crippen molar-refractivity contribution in [2.24, 2.45) is 0 Å². The molecule has 1 unspecified atom stereocenters. The third-order valence-corrected chi connectivity index (χ3v) is 3.95. The van der Waals surface area contributed by atoms with E-state index in [9.17, 15) is 4.79 Å². The molecule has 1 atom stereocenters. The lowest BCUT2D eigenvalue weighted by molar-refractivity contribution is 0.0944. The van der Waals surface area contributed by atoms with Crippen LogP contribution in [-0.4, -0.2) is 16.9 Å². The summed E-state index contributed by atoms with van der Waals surface area (Å²) in [7, 11) is 0. The number of aryl methyl sites for hydroxylation is 1. The van der Waals surface area contributed by atoms with Gasteiger partial charge in [-0.2, -0.15) is 0 Å². The molecule has 3 nitrogen and oxygen atoms in total. The molecule has 4 heteroatoms. The summed E-state index contributed by atoms with van der Waals surface area (Å²) in [6, 6.07) is 10.0. The number of rotatable bonds is 4. The average Bonchev–Trinajstić information content (AvgIpc) is 2.82. The maximum Gasteiger partial charge on any atom is 0.263 e. The van der Waals surface area contributed by atoms with Crippen LogP contribution in [0.15, 0.2) is 30.3 Å². The fourth-order valence-corrected chi connectivity index (χ4v) is 2.61. The van der Waals surface area contributed by atoms with Gasteiger partial charge in [0.25, 0.3) is 5.91 Å². The van der Waals surface area contributed by atoms with Crippen LogP contribution in [0.4, 0.5) is 0 Å². The molecule has 1 N–H and O–H groups in total. The fraction of sp³-hybridized carbons (Fsp3) is 0.333. The van der Waals surface area contributed by atoms with E-state index in [0.717, 1.165) is 22.7 Å². The van der Waals surface area contributed by atoms with Gasteiger partial charge >= 0.3 is 0 Å². The first kappa shape index (κ1) is 13.7. The number of carbonyl (C=O) groups excluding carboxylic acids is 1. The van der Waals surface area contributed by atoms with Crippen LogP contribution in [0, 0.1) is 6.92 Å². The van der Waals surface area contributed by atoms with Crippen LogP contribution in [0.5, 0.6) is 0 Å². The molecular formula is C15H18N2OS. The van der Waals surface area contributed by atoms with Gasteiger partial charge in [-0.15, -0.1) is 11.3 Å². The summed E-state index contributed by atoms with van der Waals surface area (Å²) in [5.74, 6) is -0.0289. The van der Waals surface area contributed by atoms with E-state index in [1.165, 1.54) is 11.3 Å². The van der Waals surface area contributed by atoms with Gasteiger partial charge in [0.1, 0.15) is 4.88 Å². The highest BCUT2D eigenvalue weighted by Gasteiger charge is 2.18. The highest BCUT2D eigenvalue weighted by Crippen LogP contribution is 2.27. The van der Waals surface area contributed by atoms with E-state index in [1.54, 1.807) is 0 Å². The minimum atomic E-state index is -0.0289. The Labute approximate surface area is 117 Å². The Morgan fingerprint density at radius 1 is 1.37 bits per heavy atom. The summed E-state index contributed by atoms with van der Waals surface area (Å²) in [6.45, 7) is 5.99. The fourth-order valence-electron chi connectivity index (χ4n) is 1.76. The van der Waals surface area contributed by atoms with Gasteiger partial charge in [0.15, 0.2) is 0 Å². The van der Waals surface area contributed by atoms with Crippen LogP contribution in [0.25, 0.3) is 11.3 Å². The molecule has 0 saturated carbocycles. The maximum atomic E-state index is 12.3. The molecule has 0 saturated heterocycles. The lowest BCUT2D eigenvalue weighted by atomic mass is 10.1. The van der Waals surface area contributed by atoms with Crippen molar-refractivity contribution in [3.05, 3.63) is 40.2 Å². The molecule has 100 valence electrons. The van der Waals surface area contributed by atoms with Crippen LogP contribution < -0.4 is 5.32 Å². The van der Waals surface area contributed by atoms with Crippen LogP contribution in [0.3, 0.4) is 0 Å². The van der Waals surface area contributed by atoms with Crippen LogP contribution >= 0.6 is 11.3 Å². The molecule has 0 aliphatic carbocycles. The van der Waals surface area contributed by atoms with Crippen molar-refractivity contribution in [1.82, 2.24) is 10.3 Å². The quantitative estimate of drug-likeness (QED) is 0.924. The Morgan fingerprint density at radius 2 is 2.05 bits per heavy atom.